The summed E-state index contributed by atoms with van der Waals surface area (Å²) in [6.45, 7) is 2.11. The number of rotatable bonds is 6. The molecule has 0 spiro atoms. The van der Waals surface area contributed by atoms with Crippen LogP contribution in [0.3, 0.4) is 0 Å². The maximum Gasteiger partial charge on any atom is 0.262 e. The van der Waals surface area contributed by atoms with Crippen LogP contribution in [0.25, 0.3) is 0 Å². The molecule has 0 aromatic heterocycles. The lowest BCUT2D eigenvalue weighted by molar-refractivity contribution is -0.123. The summed E-state index contributed by atoms with van der Waals surface area (Å²) in [5, 5.41) is 2.77. The minimum absolute atomic E-state index is 0.125. The van der Waals surface area contributed by atoms with E-state index in [9.17, 15) is 14.4 Å². The van der Waals surface area contributed by atoms with Gasteiger partial charge in [0.05, 0.1) is 5.92 Å². The van der Waals surface area contributed by atoms with E-state index in [1.165, 1.54) is 4.90 Å². The van der Waals surface area contributed by atoms with Crippen molar-refractivity contribution in [2.24, 2.45) is 11.7 Å². The Morgan fingerprint density at radius 2 is 1.96 bits per heavy atom. The van der Waals surface area contributed by atoms with Crippen LogP contribution in [0.15, 0.2) is 48.5 Å². The largest absolute Gasteiger partial charge is 0.484 e. The van der Waals surface area contributed by atoms with Crippen LogP contribution in [-0.4, -0.2) is 30.9 Å². The van der Waals surface area contributed by atoms with E-state index >= 15 is 0 Å². The first-order valence-electron chi connectivity index (χ1n) is 8.61. The number of nitrogens with two attached hydrogens (primary N) is 1. The highest BCUT2D eigenvalue weighted by Gasteiger charge is 2.33. The van der Waals surface area contributed by atoms with Crippen molar-refractivity contribution in [3.05, 3.63) is 54.1 Å². The van der Waals surface area contributed by atoms with Crippen molar-refractivity contribution in [3.8, 4) is 5.75 Å². The quantitative estimate of drug-likeness (QED) is 0.813. The second-order valence-electron chi connectivity index (χ2n) is 6.51. The Balaban J connectivity index is 1.54. The number of hydrogen-bond donors (Lipinski definition) is 2. The van der Waals surface area contributed by atoms with Crippen LogP contribution in [0.5, 0.6) is 5.75 Å². The lowest BCUT2D eigenvalue weighted by atomic mass is 10.1. The highest BCUT2D eigenvalue weighted by Crippen LogP contribution is 2.26. The molecule has 0 unspecified atom stereocenters. The van der Waals surface area contributed by atoms with Crippen LogP contribution < -0.4 is 20.7 Å². The van der Waals surface area contributed by atoms with E-state index in [0.29, 0.717) is 11.4 Å². The zero-order valence-electron chi connectivity index (χ0n) is 15.0. The number of carbonyl (C=O) groups is 3. The van der Waals surface area contributed by atoms with Crippen LogP contribution in [0.4, 0.5) is 11.4 Å². The minimum atomic E-state index is -0.467. The van der Waals surface area contributed by atoms with E-state index in [4.69, 9.17) is 10.5 Å². The van der Waals surface area contributed by atoms with Gasteiger partial charge in [-0.2, -0.15) is 0 Å². The number of anilines is 2. The average Bonchev–Trinajstić information content (AvgIpc) is 3.02. The van der Waals surface area contributed by atoms with Crippen molar-refractivity contribution in [3.63, 3.8) is 0 Å². The molecule has 2 aromatic rings. The Hall–Kier alpha value is -3.35. The van der Waals surface area contributed by atoms with Gasteiger partial charge in [-0.25, -0.2) is 0 Å². The number of benzene rings is 2. The van der Waals surface area contributed by atoms with Gasteiger partial charge in [0.25, 0.3) is 5.91 Å². The van der Waals surface area contributed by atoms with Crippen molar-refractivity contribution >= 4 is 29.1 Å². The van der Waals surface area contributed by atoms with Crippen molar-refractivity contribution < 1.29 is 19.1 Å². The first kappa shape index (κ1) is 18.4. The molecule has 0 aliphatic carbocycles. The molecular formula is C20H21N3O4. The molecule has 0 saturated carbocycles. The lowest BCUT2D eigenvalue weighted by Crippen LogP contribution is -2.28. The zero-order valence-corrected chi connectivity index (χ0v) is 15.0. The fourth-order valence-corrected chi connectivity index (χ4v) is 2.94. The Labute approximate surface area is 157 Å². The number of aryl methyl sites for hydroxylation is 1. The van der Waals surface area contributed by atoms with Crippen molar-refractivity contribution in [2.75, 3.05) is 23.4 Å². The minimum Gasteiger partial charge on any atom is -0.484 e. The Bertz CT molecular complexity index is 864. The fourth-order valence-electron chi connectivity index (χ4n) is 2.94. The summed E-state index contributed by atoms with van der Waals surface area (Å²) in [7, 11) is 0. The molecule has 0 bridgehead atoms. The number of amides is 3. The first-order valence-corrected chi connectivity index (χ1v) is 8.61. The van der Waals surface area contributed by atoms with Crippen LogP contribution in [-0.2, 0) is 14.4 Å². The van der Waals surface area contributed by atoms with Gasteiger partial charge in [0.15, 0.2) is 6.61 Å². The summed E-state index contributed by atoms with van der Waals surface area (Å²) < 4.78 is 5.48. The normalized spacial score (nSPS) is 16.3. The third-order valence-corrected chi connectivity index (χ3v) is 4.35. The van der Waals surface area contributed by atoms with E-state index in [2.05, 4.69) is 5.32 Å². The summed E-state index contributed by atoms with van der Waals surface area (Å²) >= 11 is 0. The SMILES string of the molecule is Cc1cccc(NC(=O)COc2ccc(N3C[C@H](C(N)=O)CC3=O)cc2)c1. The Morgan fingerprint density at radius 3 is 2.59 bits per heavy atom. The summed E-state index contributed by atoms with van der Waals surface area (Å²) in [5.74, 6) is -0.811. The van der Waals surface area contributed by atoms with Gasteiger partial charge in [-0.1, -0.05) is 12.1 Å². The fraction of sp³-hybridized carbons (Fsp3) is 0.250. The number of nitrogens with zero attached hydrogens (tertiary/aromatic N) is 1. The molecule has 1 aliphatic heterocycles. The van der Waals surface area contributed by atoms with Gasteiger partial charge in [-0.3, -0.25) is 14.4 Å². The molecule has 140 valence electrons. The lowest BCUT2D eigenvalue weighted by Gasteiger charge is -2.16. The number of primary amides is 1. The highest BCUT2D eigenvalue weighted by molar-refractivity contribution is 6.00. The Kier molecular flexibility index (Phi) is 5.40. The zero-order chi connectivity index (χ0) is 19.4. The van der Waals surface area contributed by atoms with Crippen LogP contribution in [0.1, 0.15) is 12.0 Å². The average molecular weight is 367 g/mol. The third-order valence-electron chi connectivity index (χ3n) is 4.35. The molecule has 3 N–H and O–H groups in total. The molecular weight excluding hydrogens is 346 g/mol. The van der Waals surface area contributed by atoms with Gasteiger partial charge in [0.1, 0.15) is 5.75 Å². The van der Waals surface area contributed by atoms with E-state index in [1.54, 1.807) is 24.3 Å². The number of hydrogen-bond acceptors (Lipinski definition) is 4. The maximum atomic E-state index is 12.0. The molecule has 3 rings (SSSR count). The molecule has 1 heterocycles. The maximum absolute atomic E-state index is 12.0. The summed E-state index contributed by atoms with van der Waals surface area (Å²) in [6, 6.07) is 14.3. The van der Waals surface area contributed by atoms with Gasteiger partial charge >= 0.3 is 0 Å². The van der Waals surface area contributed by atoms with Gasteiger partial charge in [0, 0.05) is 24.3 Å². The number of nitrogens with one attached hydrogen (secondary N) is 1. The number of carbonyl (C=O) groups excluding carboxylic acids is 3. The molecule has 27 heavy (non-hydrogen) atoms. The van der Waals surface area contributed by atoms with Crippen molar-refractivity contribution in [2.45, 2.75) is 13.3 Å². The summed E-state index contributed by atoms with van der Waals surface area (Å²) in [4.78, 5) is 36.8. The second kappa shape index (κ2) is 7.90. The van der Waals surface area contributed by atoms with E-state index in [1.807, 2.05) is 31.2 Å². The predicted octanol–water partition coefficient (Wildman–Crippen LogP) is 1.85. The van der Waals surface area contributed by atoms with Gasteiger partial charge < -0.3 is 20.7 Å². The van der Waals surface area contributed by atoms with Crippen molar-refractivity contribution in [1.29, 1.82) is 0 Å². The van der Waals surface area contributed by atoms with Crippen LogP contribution in [0, 0.1) is 12.8 Å². The highest BCUT2D eigenvalue weighted by atomic mass is 16.5. The smallest absolute Gasteiger partial charge is 0.262 e. The van der Waals surface area contributed by atoms with Crippen molar-refractivity contribution in [1.82, 2.24) is 0 Å². The molecule has 7 heteroatoms. The predicted molar refractivity (Wildman–Crippen MR) is 101 cm³/mol. The molecule has 3 amide bonds. The van der Waals surface area contributed by atoms with Gasteiger partial charge in [0.2, 0.25) is 11.8 Å². The van der Waals surface area contributed by atoms with Gasteiger partial charge in [-0.05, 0) is 48.9 Å². The Morgan fingerprint density at radius 1 is 1.22 bits per heavy atom. The van der Waals surface area contributed by atoms with E-state index in [-0.39, 0.29) is 31.4 Å². The number of ether oxygens (including phenoxy) is 1. The van der Waals surface area contributed by atoms with Gasteiger partial charge in [-0.15, -0.1) is 0 Å². The topological polar surface area (TPSA) is 102 Å². The van der Waals surface area contributed by atoms with E-state index < -0.39 is 11.8 Å². The third kappa shape index (κ3) is 4.63. The molecule has 1 saturated heterocycles. The standard InChI is InChI=1S/C20H21N3O4/c1-13-3-2-4-15(9-13)22-18(24)12-27-17-7-5-16(6-8-17)23-11-14(20(21)26)10-19(23)25/h2-9,14H,10-12H2,1H3,(H2,21,26)(H,22,24)/t14-/m1/s1. The first-order chi connectivity index (χ1) is 12.9. The van der Waals surface area contributed by atoms with Crippen LogP contribution >= 0.6 is 0 Å². The summed E-state index contributed by atoms with van der Waals surface area (Å²) in [6.07, 6.45) is 0.132. The molecule has 1 aliphatic rings. The molecule has 1 atom stereocenters. The molecule has 7 nitrogen and oxygen atoms in total. The monoisotopic (exact) mass is 367 g/mol. The summed E-state index contributed by atoms with van der Waals surface area (Å²) in [5.41, 5.74) is 7.72. The second-order valence-corrected chi connectivity index (χ2v) is 6.51. The molecule has 0 radical (unpaired) electrons. The molecule has 1 fully saturated rings. The molecule has 2 aromatic carbocycles. The van der Waals surface area contributed by atoms with Crippen LogP contribution in [0.2, 0.25) is 0 Å². The van der Waals surface area contributed by atoms with E-state index in [0.717, 1.165) is 11.3 Å².